The van der Waals surface area contributed by atoms with Crippen LogP contribution < -0.4 is 0 Å². The Kier molecular flexibility index (Phi) is 4.51. The van der Waals surface area contributed by atoms with Crippen molar-refractivity contribution in [1.29, 1.82) is 0 Å². The predicted octanol–water partition coefficient (Wildman–Crippen LogP) is 3.30. The summed E-state index contributed by atoms with van der Waals surface area (Å²) in [6.45, 7) is 10.1. The van der Waals surface area contributed by atoms with Crippen molar-refractivity contribution in [2.45, 2.75) is 52.4 Å². The Morgan fingerprint density at radius 3 is 2.44 bits per heavy atom. The summed E-state index contributed by atoms with van der Waals surface area (Å²) in [6.07, 6.45) is 6.22. The second-order valence-corrected chi connectivity index (χ2v) is 6.98. The molecule has 0 atom stereocenters. The van der Waals surface area contributed by atoms with Crippen LogP contribution in [0.25, 0.3) is 17.5 Å². The van der Waals surface area contributed by atoms with Gasteiger partial charge in [-0.15, -0.1) is 0 Å². The fraction of sp³-hybridized carbons (Fsp3) is 0.471. The summed E-state index contributed by atoms with van der Waals surface area (Å²) < 4.78 is 27.9. The number of hydrogen-bond acceptors (Lipinski definition) is 5. The number of halogens is 1. The molecular formula is C17H22BFN4O2. The first-order valence-electron chi connectivity index (χ1n) is 8.30. The Morgan fingerprint density at radius 1 is 1.20 bits per heavy atom. The Morgan fingerprint density at radius 2 is 1.88 bits per heavy atom. The van der Waals surface area contributed by atoms with E-state index in [1.807, 2.05) is 34.6 Å². The van der Waals surface area contributed by atoms with Gasteiger partial charge in [-0.3, -0.25) is 14.6 Å². The van der Waals surface area contributed by atoms with E-state index in [0.717, 1.165) is 0 Å². The summed E-state index contributed by atoms with van der Waals surface area (Å²) in [7, 11) is -1.02. The summed E-state index contributed by atoms with van der Waals surface area (Å²) in [5, 5.41) is 4.46. The second kappa shape index (κ2) is 6.35. The molecular weight excluding hydrogens is 322 g/mol. The van der Waals surface area contributed by atoms with Crippen molar-refractivity contribution in [1.82, 2.24) is 19.7 Å². The largest absolute Gasteiger partial charge is 0.525 e. The van der Waals surface area contributed by atoms with Crippen molar-refractivity contribution in [2.75, 3.05) is 0 Å². The summed E-state index contributed by atoms with van der Waals surface area (Å²) in [4.78, 5) is 8.27. The first-order chi connectivity index (χ1) is 11.7. The van der Waals surface area contributed by atoms with Crippen molar-refractivity contribution < 1.29 is 13.7 Å². The van der Waals surface area contributed by atoms with Crippen LogP contribution in [-0.4, -0.2) is 38.1 Å². The molecule has 8 heteroatoms. The smallest absolute Gasteiger partial charge is 0.398 e. The number of hydrogen-bond donors (Lipinski definition) is 0. The number of aromatic nitrogens is 4. The van der Waals surface area contributed by atoms with Crippen LogP contribution >= 0.6 is 0 Å². The molecule has 0 N–H and O–H groups in total. The quantitative estimate of drug-likeness (QED) is 0.797. The standard InChI is InChI=1S/C17H22BFN4O2/c1-6-23-12(9-13(22-23)14-11-20-7-8-21-14)10-15(19)18-24-16(2,3)17(4,5)25-18/h7-11H,6H2,1-5H3. The molecule has 25 heavy (non-hydrogen) atoms. The van der Waals surface area contributed by atoms with Crippen LogP contribution in [0.2, 0.25) is 0 Å². The first kappa shape index (κ1) is 17.8. The van der Waals surface area contributed by atoms with Crippen molar-refractivity contribution in [3.8, 4) is 11.4 Å². The maximum atomic E-state index is 14.8. The molecule has 132 valence electrons. The van der Waals surface area contributed by atoms with Gasteiger partial charge in [0.2, 0.25) is 0 Å². The van der Waals surface area contributed by atoms with Gasteiger partial charge in [-0.05, 0) is 46.8 Å². The Balaban J connectivity index is 1.89. The van der Waals surface area contributed by atoms with Crippen LogP contribution in [0, 0.1) is 0 Å². The summed E-state index contributed by atoms with van der Waals surface area (Å²) in [5.41, 5.74) is 0.245. The molecule has 0 unspecified atom stereocenters. The van der Waals surface area contributed by atoms with E-state index in [1.165, 1.54) is 6.08 Å². The van der Waals surface area contributed by atoms with Gasteiger partial charge >= 0.3 is 7.12 Å². The van der Waals surface area contributed by atoms with E-state index >= 15 is 0 Å². The van der Waals surface area contributed by atoms with Gasteiger partial charge in [-0.1, -0.05) is 0 Å². The van der Waals surface area contributed by atoms with Gasteiger partial charge in [0, 0.05) is 18.9 Å². The van der Waals surface area contributed by atoms with Crippen LogP contribution in [0.4, 0.5) is 4.39 Å². The minimum absolute atomic E-state index is 0.487. The van der Waals surface area contributed by atoms with Crippen molar-refractivity contribution in [3.05, 3.63) is 36.1 Å². The molecule has 0 aromatic carbocycles. The molecule has 6 nitrogen and oxygen atoms in total. The third kappa shape index (κ3) is 3.36. The third-order valence-electron chi connectivity index (χ3n) is 4.70. The molecule has 0 aliphatic carbocycles. The second-order valence-electron chi connectivity index (χ2n) is 6.98. The molecule has 1 aliphatic rings. The average molecular weight is 344 g/mol. The normalized spacial score (nSPS) is 19.4. The monoisotopic (exact) mass is 344 g/mol. The minimum Gasteiger partial charge on any atom is -0.398 e. The highest BCUT2D eigenvalue weighted by Gasteiger charge is 2.53. The van der Waals surface area contributed by atoms with Gasteiger partial charge in [0.05, 0.1) is 23.1 Å². The van der Waals surface area contributed by atoms with Crippen LogP contribution in [0.5, 0.6) is 0 Å². The first-order valence-corrected chi connectivity index (χ1v) is 8.30. The fourth-order valence-electron chi connectivity index (χ4n) is 2.52. The molecule has 0 radical (unpaired) electrons. The molecule has 1 fully saturated rings. The molecule has 0 saturated carbocycles. The molecule has 2 aromatic heterocycles. The third-order valence-corrected chi connectivity index (χ3v) is 4.70. The Labute approximate surface area is 147 Å². The van der Waals surface area contributed by atoms with Gasteiger partial charge in [0.15, 0.2) is 0 Å². The Bertz CT molecular complexity index is 773. The van der Waals surface area contributed by atoms with Gasteiger partial charge in [0.25, 0.3) is 0 Å². The topological polar surface area (TPSA) is 62.1 Å². The molecule has 2 aromatic rings. The fourth-order valence-corrected chi connectivity index (χ4v) is 2.52. The number of nitrogens with zero attached hydrogens (tertiary/aromatic N) is 4. The van der Waals surface area contributed by atoms with Crippen molar-refractivity contribution in [2.24, 2.45) is 0 Å². The number of aryl methyl sites for hydroxylation is 1. The molecule has 1 saturated heterocycles. The molecule has 0 amide bonds. The van der Waals surface area contributed by atoms with Crippen LogP contribution in [-0.2, 0) is 15.9 Å². The zero-order valence-corrected chi connectivity index (χ0v) is 15.2. The molecule has 3 rings (SSSR count). The maximum absolute atomic E-state index is 14.8. The van der Waals surface area contributed by atoms with E-state index in [9.17, 15) is 4.39 Å². The highest BCUT2D eigenvalue weighted by atomic mass is 19.1. The van der Waals surface area contributed by atoms with Crippen LogP contribution in [0.3, 0.4) is 0 Å². The number of rotatable bonds is 4. The zero-order valence-electron chi connectivity index (χ0n) is 15.2. The predicted molar refractivity (Wildman–Crippen MR) is 94.1 cm³/mol. The van der Waals surface area contributed by atoms with Crippen LogP contribution in [0.1, 0.15) is 40.3 Å². The van der Waals surface area contributed by atoms with Crippen molar-refractivity contribution >= 4 is 13.2 Å². The van der Waals surface area contributed by atoms with E-state index in [-0.39, 0.29) is 0 Å². The highest BCUT2D eigenvalue weighted by molar-refractivity contribution is 6.54. The molecule has 1 aliphatic heterocycles. The SMILES string of the molecule is CCn1nc(-c2cnccn2)cc1C=C(F)B1OC(C)(C)C(C)(C)O1. The van der Waals surface area contributed by atoms with E-state index in [1.54, 1.807) is 29.3 Å². The van der Waals surface area contributed by atoms with Gasteiger partial charge in [-0.2, -0.15) is 5.10 Å². The van der Waals surface area contributed by atoms with E-state index in [2.05, 4.69) is 15.1 Å². The molecule has 0 spiro atoms. The molecule has 3 heterocycles. The van der Waals surface area contributed by atoms with Crippen molar-refractivity contribution in [3.63, 3.8) is 0 Å². The van der Waals surface area contributed by atoms with Gasteiger partial charge in [0.1, 0.15) is 17.1 Å². The summed E-state index contributed by atoms with van der Waals surface area (Å²) >= 11 is 0. The minimum atomic E-state index is -1.02. The highest BCUT2D eigenvalue weighted by Crippen LogP contribution is 2.39. The lowest BCUT2D eigenvalue weighted by Gasteiger charge is -2.32. The lowest BCUT2D eigenvalue weighted by molar-refractivity contribution is 0.00578. The van der Waals surface area contributed by atoms with Gasteiger partial charge < -0.3 is 9.31 Å². The van der Waals surface area contributed by atoms with E-state index in [0.29, 0.717) is 23.6 Å². The van der Waals surface area contributed by atoms with Gasteiger partial charge in [-0.25, -0.2) is 4.39 Å². The van der Waals surface area contributed by atoms with E-state index < -0.39 is 24.0 Å². The molecule has 0 bridgehead atoms. The summed E-state index contributed by atoms with van der Waals surface area (Å²) in [6, 6.07) is 1.78. The average Bonchev–Trinajstić information content (AvgIpc) is 3.06. The lowest BCUT2D eigenvalue weighted by atomic mass is 9.87. The zero-order chi connectivity index (χ0) is 18.2. The lowest BCUT2D eigenvalue weighted by Crippen LogP contribution is -2.41. The Hall–Kier alpha value is -2.06. The summed E-state index contributed by atoms with van der Waals surface area (Å²) in [5.74, 6) is 0. The van der Waals surface area contributed by atoms with Crippen LogP contribution in [0.15, 0.2) is 30.4 Å². The maximum Gasteiger partial charge on any atom is 0.525 e. The van der Waals surface area contributed by atoms with E-state index in [4.69, 9.17) is 9.31 Å².